The van der Waals surface area contributed by atoms with Gasteiger partial charge in [0.1, 0.15) is 10.4 Å². The van der Waals surface area contributed by atoms with Crippen LogP contribution in [0.4, 0.5) is 4.39 Å². The molecule has 3 nitrogen and oxygen atoms in total. The van der Waals surface area contributed by atoms with Crippen molar-refractivity contribution in [1.29, 1.82) is 0 Å². The van der Waals surface area contributed by atoms with Crippen molar-refractivity contribution in [2.45, 2.75) is 6.92 Å². The second kappa shape index (κ2) is 5.10. The molecular weight excluding hydrogens is 355 g/mol. The molecule has 17 heavy (non-hydrogen) atoms. The smallest absolute Gasteiger partial charge is 0.223 e. The van der Waals surface area contributed by atoms with E-state index < -0.39 is 5.82 Å². The molecule has 1 aromatic heterocycles. The maximum atomic E-state index is 13.5. The highest BCUT2D eigenvalue weighted by atomic mass is 79.9. The Morgan fingerprint density at radius 3 is 2.59 bits per heavy atom. The van der Waals surface area contributed by atoms with E-state index in [0.717, 1.165) is 0 Å². The van der Waals surface area contributed by atoms with Crippen LogP contribution in [-0.4, -0.2) is 9.97 Å². The van der Waals surface area contributed by atoms with Crippen LogP contribution in [0.25, 0.3) is 0 Å². The molecule has 0 unspecified atom stereocenters. The minimum atomic E-state index is -0.452. The topological polar surface area (TPSA) is 35.0 Å². The summed E-state index contributed by atoms with van der Waals surface area (Å²) >= 11 is 6.40. The molecule has 0 amide bonds. The second-order valence-corrected chi connectivity index (χ2v) is 4.98. The van der Waals surface area contributed by atoms with Gasteiger partial charge in [0.2, 0.25) is 5.88 Å². The number of aryl methyl sites for hydroxylation is 1. The molecular formula is C11H7Br2FN2O. The maximum absolute atomic E-state index is 13.5. The largest absolute Gasteiger partial charge is 0.436 e. The molecule has 0 fully saturated rings. The van der Waals surface area contributed by atoms with Gasteiger partial charge in [-0.1, -0.05) is 15.9 Å². The molecule has 2 rings (SSSR count). The molecule has 0 atom stereocenters. The molecule has 88 valence electrons. The van der Waals surface area contributed by atoms with Crippen molar-refractivity contribution in [3.05, 3.63) is 45.0 Å². The summed E-state index contributed by atoms with van der Waals surface area (Å²) in [6, 6.07) is 6.14. The second-order valence-electron chi connectivity index (χ2n) is 3.25. The molecule has 0 radical (unpaired) electrons. The highest BCUT2D eigenvalue weighted by molar-refractivity contribution is 9.10. The van der Waals surface area contributed by atoms with Crippen molar-refractivity contribution in [3.63, 3.8) is 0 Å². The predicted molar refractivity (Wildman–Crippen MR) is 68.6 cm³/mol. The third-order valence-corrected chi connectivity index (χ3v) is 2.79. The number of benzene rings is 1. The monoisotopic (exact) mass is 360 g/mol. The van der Waals surface area contributed by atoms with E-state index in [4.69, 9.17) is 4.74 Å². The van der Waals surface area contributed by atoms with Crippen molar-refractivity contribution in [2.75, 3.05) is 0 Å². The van der Waals surface area contributed by atoms with Crippen LogP contribution < -0.4 is 4.74 Å². The van der Waals surface area contributed by atoms with Crippen molar-refractivity contribution in [1.82, 2.24) is 9.97 Å². The Bertz CT molecular complexity index is 543. The fourth-order valence-electron chi connectivity index (χ4n) is 1.23. The Kier molecular flexibility index (Phi) is 3.73. The van der Waals surface area contributed by atoms with Gasteiger partial charge in [-0.2, -0.15) is 4.98 Å². The average Bonchev–Trinajstić information content (AvgIpc) is 2.21. The fourth-order valence-corrected chi connectivity index (χ4v) is 2.01. The van der Waals surface area contributed by atoms with Gasteiger partial charge < -0.3 is 4.74 Å². The quantitative estimate of drug-likeness (QED) is 0.750. The molecule has 0 aliphatic heterocycles. The van der Waals surface area contributed by atoms with Gasteiger partial charge >= 0.3 is 0 Å². The lowest BCUT2D eigenvalue weighted by Crippen LogP contribution is -1.95. The zero-order valence-corrected chi connectivity index (χ0v) is 11.9. The lowest BCUT2D eigenvalue weighted by atomic mass is 10.3. The van der Waals surface area contributed by atoms with E-state index in [9.17, 15) is 4.39 Å². The summed E-state index contributed by atoms with van der Waals surface area (Å²) in [6.07, 6.45) is 0. The molecule has 1 heterocycles. The third kappa shape index (κ3) is 3.23. The van der Waals surface area contributed by atoms with Crippen LogP contribution in [0.5, 0.6) is 11.6 Å². The van der Waals surface area contributed by atoms with Crippen LogP contribution in [-0.2, 0) is 0 Å². The Balaban J connectivity index is 2.31. The fraction of sp³-hybridized carbons (Fsp3) is 0.0909. The molecule has 0 aliphatic rings. The zero-order valence-electron chi connectivity index (χ0n) is 8.75. The number of ether oxygens (including phenoxy) is 1. The van der Waals surface area contributed by atoms with E-state index in [1.165, 1.54) is 12.1 Å². The van der Waals surface area contributed by atoms with Crippen LogP contribution in [0.3, 0.4) is 0 Å². The number of rotatable bonds is 2. The van der Waals surface area contributed by atoms with E-state index in [0.29, 0.717) is 20.8 Å². The molecule has 6 heteroatoms. The highest BCUT2D eigenvalue weighted by Gasteiger charge is 2.07. The normalized spacial score (nSPS) is 10.4. The van der Waals surface area contributed by atoms with Crippen molar-refractivity contribution < 1.29 is 9.13 Å². The van der Waals surface area contributed by atoms with Gasteiger partial charge in [0.05, 0.1) is 0 Å². The van der Waals surface area contributed by atoms with Crippen LogP contribution >= 0.6 is 31.9 Å². The summed E-state index contributed by atoms with van der Waals surface area (Å²) in [7, 11) is 0. The Morgan fingerprint density at radius 1 is 1.18 bits per heavy atom. The van der Waals surface area contributed by atoms with Crippen LogP contribution in [0.2, 0.25) is 0 Å². The maximum Gasteiger partial charge on any atom is 0.223 e. The molecule has 0 aliphatic carbocycles. The van der Waals surface area contributed by atoms with Crippen LogP contribution in [0, 0.1) is 12.7 Å². The summed E-state index contributed by atoms with van der Waals surface area (Å²) in [5, 5.41) is 0. The summed E-state index contributed by atoms with van der Waals surface area (Å²) < 4.78 is 20.1. The van der Waals surface area contributed by atoms with E-state index >= 15 is 0 Å². The number of halogens is 3. The minimum absolute atomic E-state index is 0.123. The molecule has 0 spiro atoms. The lowest BCUT2D eigenvalue weighted by Gasteiger charge is -2.06. The minimum Gasteiger partial charge on any atom is -0.436 e. The van der Waals surface area contributed by atoms with Gasteiger partial charge in [0, 0.05) is 10.5 Å². The SMILES string of the molecule is Cc1nc(Br)cc(Oc2ccc(Br)cc2F)n1. The standard InChI is InChI=1S/C11H7Br2FN2O/c1-6-15-10(13)5-11(16-6)17-9-3-2-7(12)4-8(9)14/h2-5H,1H3. The number of aromatic nitrogens is 2. The van der Waals surface area contributed by atoms with Crippen LogP contribution in [0.15, 0.2) is 33.3 Å². The molecule has 0 saturated heterocycles. The lowest BCUT2D eigenvalue weighted by molar-refractivity contribution is 0.424. The van der Waals surface area contributed by atoms with Gasteiger partial charge in [0.25, 0.3) is 0 Å². The molecule has 1 aromatic carbocycles. The Morgan fingerprint density at radius 2 is 1.94 bits per heavy atom. The third-order valence-electron chi connectivity index (χ3n) is 1.89. The highest BCUT2D eigenvalue weighted by Crippen LogP contribution is 2.26. The van der Waals surface area contributed by atoms with Gasteiger partial charge in [-0.15, -0.1) is 0 Å². The number of hydrogen-bond acceptors (Lipinski definition) is 3. The van der Waals surface area contributed by atoms with Gasteiger partial charge in [-0.3, -0.25) is 0 Å². The summed E-state index contributed by atoms with van der Waals surface area (Å²) in [4.78, 5) is 8.09. The first kappa shape index (κ1) is 12.4. The van der Waals surface area contributed by atoms with E-state index in [2.05, 4.69) is 41.8 Å². The molecule has 0 bridgehead atoms. The predicted octanol–water partition coefficient (Wildman–Crippen LogP) is 4.24. The van der Waals surface area contributed by atoms with Gasteiger partial charge in [0.15, 0.2) is 11.6 Å². The van der Waals surface area contributed by atoms with E-state index in [1.54, 1.807) is 19.1 Å². The summed E-state index contributed by atoms with van der Waals surface area (Å²) in [5.41, 5.74) is 0. The first-order valence-electron chi connectivity index (χ1n) is 4.69. The van der Waals surface area contributed by atoms with Crippen molar-refractivity contribution >= 4 is 31.9 Å². The zero-order chi connectivity index (χ0) is 12.4. The molecule has 0 saturated carbocycles. The summed E-state index contributed by atoms with van der Waals surface area (Å²) in [5.74, 6) is 0.516. The first-order valence-corrected chi connectivity index (χ1v) is 6.27. The van der Waals surface area contributed by atoms with E-state index in [1.807, 2.05) is 0 Å². The van der Waals surface area contributed by atoms with Gasteiger partial charge in [-0.25, -0.2) is 9.37 Å². The molecule has 2 aromatic rings. The summed E-state index contributed by atoms with van der Waals surface area (Å²) in [6.45, 7) is 1.73. The number of nitrogens with zero attached hydrogens (tertiary/aromatic N) is 2. The van der Waals surface area contributed by atoms with Crippen molar-refractivity contribution in [2.24, 2.45) is 0 Å². The van der Waals surface area contributed by atoms with Crippen molar-refractivity contribution in [3.8, 4) is 11.6 Å². The molecule has 0 N–H and O–H groups in total. The average molecular weight is 362 g/mol. The van der Waals surface area contributed by atoms with Crippen LogP contribution in [0.1, 0.15) is 5.82 Å². The van der Waals surface area contributed by atoms with Gasteiger partial charge in [-0.05, 0) is 41.1 Å². The number of hydrogen-bond donors (Lipinski definition) is 0. The van der Waals surface area contributed by atoms with E-state index in [-0.39, 0.29) is 5.75 Å². The Hall–Kier alpha value is -1.01. The first-order chi connectivity index (χ1) is 8.04. The Labute approximate surface area is 114 Å².